The largest absolute Gasteiger partial charge is 0.493 e. The van der Waals surface area contributed by atoms with Crippen molar-refractivity contribution < 1.29 is 14.3 Å². The van der Waals surface area contributed by atoms with Gasteiger partial charge < -0.3 is 14.8 Å². The Morgan fingerprint density at radius 2 is 1.83 bits per heavy atom. The highest BCUT2D eigenvalue weighted by Crippen LogP contribution is 2.64. The molecule has 3 aliphatic rings. The van der Waals surface area contributed by atoms with Crippen LogP contribution in [-0.4, -0.2) is 29.9 Å². The molecule has 6 nitrogen and oxygen atoms in total. The molecule has 3 aromatic rings. The first-order valence-corrected chi connectivity index (χ1v) is 13.7. The number of methoxy groups -OCH3 is 2. The fourth-order valence-corrected chi connectivity index (χ4v) is 9.52. The van der Waals surface area contributed by atoms with Crippen LogP contribution in [0.2, 0.25) is 0 Å². The normalized spacial score (nSPS) is 26.2. The third-order valence-electron chi connectivity index (χ3n) is 7.82. The van der Waals surface area contributed by atoms with Gasteiger partial charge in [0, 0.05) is 21.7 Å². The first-order valence-electron chi connectivity index (χ1n) is 12.0. The maximum Gasteiger partial charge on any atom is 0.308 e. The highest BCUT2D eigenvalue weighted by Gasteiger charge is 2.55. The molecule has 2 heterocycles. The van der Waals surface area contributed by atoms with Crippen LogP contribution in [0.4, 0.5) is 5.69 Å². The number of anilines is 1. The number of ether oxygens (including phenoxy) is 2. The zero-order chi connectivity index (χ0) is 24.1. The summed E-state index contributed by atoms with van der Waals surface area (Å²) >= 11 is 3.14. The fraction of sp³-hybridized carbons (Fsp3) is 0.407. The predicted octanol–water partition coefficient (Wildman–Crippen LogP) is 5.22. The van der Waals surface area contributed by atoms with Crippen LogP contribution in [0.5, 0.6) is 11.5 Å². The number of aromatic nitrogens is 1. The van der Waals surface area contributed by atoms with Crippen LogP contribution in [0.15, 0.2) is 58.4 Å². The van der Waals surface area contributed by atoms with Crippen molar-refractivity contribution in [3.63, 3.8) is 0 Å². The number of thioether (sulfide) groups is 1. The van der Waals surface area contributed by atoms with Crippen LogP contribution in [0.3, 0.4) is 0 Å². The van der Waals surface area contributed by atoms with E-state index in [1.54, 1.807) is 18.8 Å². The van der Waals surface area contributed by atoms with Crippen molar-refractivity contribution in [2.45, 2.75) is 42.0 Å². The van der Waals surface area contributed by atoms with Gasteiger partial charge in [0.1, 0.15) is 6.54 Å². The van der Waals surface area contributed by atoms with Crippen molar-refractivity contribution in [3.8, 4) is 11.5 Å². The number of fused-ring (bicyclic) bond motifs is 6. The highest BCUT2D eigenvalue weighted by atomic mass is 32.2. The molecule has 2 aromatic carbocycles. The molecule has 2 saturated carbocycles. The Morgan fingerprint density at radius 1 is 1.06 bits per heavy atom. The topological polar surface area (TPSA) is 69.6 Å². The first kappa shape index (κ1) is 22.7. The molecule has 8 heteroatoms. The number of rotatable bonds is 6. The van der Waals surface area contributed by atoms with Crippen molar-refractivity contribution in [1.82, 2.24) is 4.57 Å². The Bertz CT molecular complexity index is 1320. The van der Waals surface area contributed by atoms with E-state index in [2.05, 4.69) is 17.4 Å². The van der Waals surface area contributed by atoms with Gasteiger partial charge in [-0.05, 0) is 66.8 Å². The Kier molecular flexibility index (Phi) is 5.89. The summed E-state index contributed by atoms with van der Waals surface area (Å²) < 4.78 is 12.8. The smallest absolute Gasteiger partial charge is 0.308 e. The highest BCUT2D eigenvalue weighted by molar-refractivity contribution is 8.00. The van der Waals surface area contributed by atoms with E-state index in [9.17, 15) is 9.59 Å². The van der Waals surface area contributed by atoms with Gasteiger partial charge in [-0.3, -0.25) is 14.2 Å². The molecule has 1 aromatic heterocycles. The van der Waals surface area contributed by atoms with Crippen LogP contribution in [0, 0.1) is 17.8 Å². The fourth-order valence-electron chi connectivity index (χ4n) is 6.37. The summed E-state index contributed by atoms with van der Waals surface area (Å²) in [6.45, 7) is 0.0245. The second kappa shape index (κ2) is 9.06. The van der Waals surface area contributed by atoms with Crippen LogP contribution in [0.1, 0.15) is 35.6 Å². The van der Waals surface area contributed by atoms with E-state index in [0.29, 0.717) is 34.5 Å². The molecular formula is C27H28N2O4S2. The van der Waals surface area contributed by atoms with Crippen LogP contribution in [-0.2, 0) is 11.3 Å². The molecule has 0 spiro atoms. The van der Waals surface area contributed by atoms with E-state index >= 15 is 0 Å². The first-order chi connectivity index (χ1) is 17.1. The SMILES string of the molecule is COc1ccc([C@@H]2c3sc(=O)n(CC(=O)Nc4ccccc4)c3S[C@@H]3[C@H]4CC[C@@H](C4)[C@@H]23)cc1OC. The van der Waals surface area contributed by atoms with E-state index in [1.807, 2.05) is 48.2 Å². The summed E-state index contributed by atoms with van der Waals surface area (Å²) in [7, 11) is 3.30. The molecule has 0 unspecified atom stereocenters. The Morgan fingerprint density at radius 3 is 2.60 bits per heavy atom. The van der Waals surface area contributed by atoms with Gasteiger partial charge in [0.05, 0.1) is 19.2 Å². The van der Waals surface area contributed by atoms with Gasteiger partial charge >= 0.3 is 4.87 Å². The minimum Gasteiger partial charge on any atom is -0.493 e. The van der Waals surface area contributed by atoms with Crippen molar-refractivity contribution >= 4 is 34.7 Å². The summed E-state index contributed by atoms with van der Waals surface area (Å²) in [5, 5.41) is 4.36. The summed E-state index contributed by atoms with van der Waals surface area (Å²) in [5.41, 5.74) is 1.90. The number of carbonyl (C=O) groups is 1. The van der Waals surface area contributed by atoms with E-state index in [-0.39, 0.29) is 23.2 Å². The molecule has 0 radical (unpaired) electrons. The summed E-state index contributed by atoms with van der Waals surface area (Å²) in [6.07, 6.45) is 3.79. The molecule has 2 bridgehead atoms. The lowest BCUT2D eigenvalue weighted by atomic mass is 9.75. The Balaban J connectivity index is 1.40. The second-order valence-electron chi connectivity index (χ2n) is 9.62. The minimum atomic E-state index is -0.183. The van der Waals surface area contributed by atoms with Gasteiger partial charge in [-0.2, -0.15) is 0 Å². The standard InChI is InChI=1S/C27H28N2O4S2/c1-32-19-11-10-16(13-20(19)33-2)23-22-15-8-9-17(12-15)24(22)34-26-25(23)35-27(31)29(26)14-21(30)28-18-6-4-3-5-7-18/h3-7,10-11,13,15,17,22-24H,8-9,12,14H2,1-2H3,(H,28,30)/t15-,17-,22-,23-,24+/m0/s1. The molecule has 1 aliphatic heterocycles. The number of hydrogen-bond donors (Lipinski definition) is 1. The minimum absolute atomic E-state index is 0.0245. The lowest BCUT2D eigenvalue weighted by molar-refractivity contribution is -0.116. The van der Waals surface area contributed by atoms with Crippen molar-refractivity contribution in [2.24, 2.45) is 17.8 Å². The third-order valence-corrected chi connectivity index (χ3v) is 10.6. The van der Waals surface area contributed by atoms with Gasteiger partial charge in [-0.1, -0.05) is 35.6 Å². The predicted molar refractivity (Wildman–Crippen MR) is 139 cm³/mol. The van der Waals surface area contributed by atoms with Crippen molar-refractivity contribution in [3.05, 3.63) is 68.6 Å². The number of carbonyl (C=O) groups excluding carboxylic acids is 1. The molecule has 35 heavy (non-hydrogen) atoms. The van der Waals surface area contributed by atoms with E-state index in [0.717, 1.165) is 21.2 Å². The average Bonchev–Trinajstić information content (AvgIpc) is 3.57. The zero-order valence-corrected chi connectivity index (χ0v) is 21.4. The Labute approximate surface area is 212 Å². The maximum atomic E-state index is 13.2. The quantitative estimate of drug-likeness (QED) is 0.495. The van der Waals surface area contributed by atoms with E-state index in [4.69, 9.17) is 9.47 Å². The second-order valence-corrected chi connectivity index (χ2v) is 11.8. The molecule has 182 valence electrons. The molecule has 1 N–H and O–H groups in total. The average molecular weight is 509 g/mol. The molecule has 2 aliphatic carbocycles. The molecule has 5 atom stereocenters. The van der Waals surface area contributed by atoms with Crippen molar-refractivity contribution in [2.75, 3.05) is 19.5 Å². The third kappa shape index (κ3) is 3.87. The molecule has 1 amide bonds. The number of thiazole rings is 1. The van der Waals surface area contributed by atoms with Gasteiger partial charge in [-0.15, -0.1) is 11.8 Å². The van der Waals surface area contributed by atoms with Crippen LogP contribution in [0.25, 0.3) is 0 Å². The van der Waals surface area contributed by atoms with Crippen molar-refractivity contribution in [1.29, 1.82) is 0 Å². The van der Waals surface area contributed by atoms with E-state index < -0.39 is 0 Å². The maximum absolute atomic E-state index is 13.2. The monoisotopic (exact) mass is 508 g/mol. The zero-order valence-electron chi connectivity index (χ0n) is 19.7. The van der Waals surface area contributed by atoms with Crippen LogP contribution < -0.4 is 19.7 Å². The summed E-state index contributed by atoms with van der Waals surface area (Å²) in [4.78, 5) is 27.1. The number of hydrogen-bond acceptors (Lipinski definition) is 6. The number of para-hydroxylation sites is 1. The van der Waals surface area contributed by atoms with Crippen LogP contribution >= 0.6 is 23.1 Å². The molecule has 6 rings (SSSR count). The summed E-state index contributed by atoms with van der Waals surface area (Å²) in [5.74, 6) is 3.20. The van der Waals surface area contributed by atoms with Gasteiger partial charge in [-0.25, -0.2) is 0 Å². The van der Waals surface area contributed by atoms with Gasteiger partial charge in [0.2, 0.25) is 5.91 Å². The molecule has 0 saturated heterocycles. The number of nitrogens with one attached hydrogen (secondary N) is 1. The summed E-state index contributed by atoms with van der Waals surface area (Å²) in [6, 6.07) is 15.5. The Hall–Kier alpha value is -2.71. The van der Waals surface area contributed by atoms with Gasteiger partial charge in [0.15, 0.2) is 11.5 Å². The van der Waals surface area contributed by atoms with E-state index in [1.165, 1.54) is 30.6 Å². The lowest BCUT2D eigenvalue weighted by Crippen LogP contribution is -2.34. The number of nitrogens with zero attached hydrogens (tertiary/aromatic N) is 1. The molecule has 2 fully saturated rings. The molecular weight excluding hydrogens is 480 g/mol. The van der Waals surface area contributed by atoms with Gasteiger partial charge in [0.25, 0.3) is 0 Å². The number of benzene rings is 2. The number of amides is 1. The lowest BCUT2D eigenvalue weighted by Gasteiger charge is -2.40.